The summed E-state index contributed by atoms with van der Waals surface area (Å²) in [5, 5.41) is 11.6. The molecule has 2 N–H and O–H groups in total. The third-order valence-electron chi connectivity index (χ3n) is 2.96. The molecule has 0 radical (unpaired) electrons. The Bertz CT molecular complexity index is 478. The summed E-state index contributed by atoms with van der Waals surface area (Å²) in [6, 6.07) is 1.26. The normalized spacial score (nSPS) is 10.9. The molecule has 0 saturated carbocycles. The number of hydrogen-bond donors (Lipinski definition) is 2. The molecule has 0 aromatic carbocycles. The van der Waals surface area contributed by atoms with Gasteiger partial charge in [-0.3, -0.25) is 4.79 Å². The monoisotopic (exact) mass is 297 g/mol. The predicted octanol–water partition coefficient (Wildman–Crippen LogP) is 2.33. The zero-order valence-corrected chi connectivity index (χ0v) is 12.8. The van der Waals surface area contributed by atoms with Crippen LogP contribution >= 0.6 is 0 Å². The lowest BCUT2D eigenvalue weighted by molar-refractivity contribution is 0.0694. The first kappa shape index (κ1) is 17.2. The fraction of sp³-hybridized carbons (Fsp3) is 0.600. The number of carbonyl (C=O) groups excluding carboxylic acids is 1. The summed E-state index contributed by atoms with van der Waals surface area (Å²) in [6.07, 6.45) is 1.40. The second-order valence-corrected chi connectivity index (χ2v) is 5.16. The molecular formula is C15H23NO5. The Kier molecular flexibility index (Phi) is 6.94. The minimum atomic E-state index is -1.09. The maximum atomic E-state index is 11.8. The third kappa shape index (κ3) is 5.59. The Morgan fingerprint density at radius 2 is 2.10 bits per heavy atom. The number of hydrogen-bond acceptors (Lipinski definition) is 4. The molecule has 0 aliphatic heterocycles. The van der Waals surface area contributed by atoms with E-state index < -0.39 is 11.9 Å². The van der Waals surface area contributed by atoms with Gasteiger partial charge in [0.1, 0.15) is 11.3 Å². The van der Waals surface area contributed by atoms with E-state index >= 15 is 0 Å². The van der Waals surface area contributed by atoms with Crippen LogP contribution in [0.5, 0.6) is 0 Å². The number of ether oxygens (including phenoxy) is 1. The van der Waals surface area contributed by atoms with Crippen molar-refractivity contribution in [3.8, 4) is 0 Å². The number of aryl methyl sites for hydroxylation is 1. The second kappa shape index (κ2) is 8.46. The molecule has 1 rings (SSSR count). The van der Waals surface area contributed by atoms with Crippen LogP contribution in [0.1, 0.15) is 53.9 Å². The van der Waals surface area contributed by atoms with E-state index in [0.717, 1.165) is 6.42 Å². The quantitative estimate of drug-likeness (QED) is 0.683. The van der Waals surface area contributed by atoms with Crippen molar-refractivity contribution >= 4 is 11.9 Å². The van der Waals surface area contributed by atoms with E-state index in [1.54, 1.807) is 6.92 Å². The Hall–Kier alpha value is -1.82. The lowest BCUT2D eigenvalue weighted by Crippen LogP contribution is -2.27. The summed E-state index contributed by atoms with van der Waals surface area (Å²) >= 11 is 0. The number of carboxylic acids is 1. The highest BCUT2D eigenvalue weighted by molar-refractivity contribution is 5.96. The Balaban J connectivity index is 2.40. The van der Waals surface area contributed by atoms with Crippen molar-refractivity contribution in [1.82, 2.24) is 5.32 Å². The number of amides is 1. The number of nitrogens with one attached hydrogen (secondary N) is 1. The molecule has 0 fully saturated rings. The van der Waals surface area contributed by atoms with E-state index in [4.69, 9.17) is 14.3 Å². The van der Waals surface area contributed by atoms with Crippen LogP contribution < -0.4 is 5.32 Å². The third-order valence-corrected chi connectivity index (χ3v) is 2.96. The van der Waals surface area contributed by atoms with E-state index in [0.29, 0.717) is 37.9 Å². The molecular weight excluding hydrogens is 274 g/mol. The minimum Gasteiger partial charge on any atom is -0.478 e. The lowest BCUT2D eigenvalue weighted by Gasteiger charge is -2.06. The molecule has 118 valence electrons. The first-order valence-electron chi connectivity index (χ1n) is 7.17. The fourth-order valence-electron chi connectivity index (χ4n) is 1.73. The molecule has 0 unspecified atom stereocenters. The molecule has 0 aliphatic rings. The average molecular weight is 297 g/mol. The van der Waals surface area contributed by atoms with Gasteiger partial charge in [0.2, 0.25) is 0 Å². The molecule has 6 heteroatoms. The van der Waals surface area contributed by atoms with Crippen LogP contribution in [0.25, 0.3) is 0 Å². The topological polar surface area (TPSA) is 88.8 Å². The molecule has 0 aliphatic carbocycles. The molecule has 1 aromatic rings. The van der Waals surface area contributed by atoms with E-state index in [-0.39, 0.29) is 11.3 Å². The van der Waals surface area contributed by atoms with Crippen molar-refractivity contribution in [3.63, 3.8) is 0 Å². The number of rotatable bonds is 9. The summed E-state index contributed by atoms with van der Waals surface area (Å²) in [6.45, 7) is 7.46. The Morgan fingerprint density at radius 3 is 2.62 bits per heavy atom. The van der Waals surface area contributed by atoms with E-state index in [2.05, 4.69) is 19.2 Å². The summed E-state index contributed by atoms with van der Waals surface area (Å²) in [7, 11) is 0. The molecule has 0 saturated heterocycles. The van der Waals surface area contributed by atoms with Crippen LogP contribution in [0.2, 0.25) is 0 Å². The van der Waals surface area contributed by atoms with E-state index in [1.807, 2.05) is 0 Å². The zero-order valence-electron chi connectivity index (χ0n) is 12.8. The van der Waals surface area contributed by atoms with Gasteiger partial charge in [0.05, 0.1) is 6.61 Å². The minimum absolute atomic E-state index is 0.0198. The summed E-state index contributed by atoms with van der Waals surface area (Å²) in [5.74, 6) is -0.604. The number of carboxylic acid groups (broad SMARTS) is 1. The second-order valence-electron chi connectivity index (χ2n) is 5.16. The summed E-state index contributed by atoms with van der Waals surface area (Å²) in [5.41, 5.74) is 0.0378. The molecule has 0 spiro atoms. The van der Waals surface area contributed by atoms with E-state index in [9.17, 15) is 9.59 Å². The number of aromatic carboxylic acids is 1. The number of carbonyl (C=O) groups is 2. The molecule has 1 heterocycles. The molecule has 0 bridgehead atoms. The largest absolute Gasteiger partial charge is 0.478 e. The van der Waals surface area contributed by atoms with E-state index in [1.165, 1.54) is 6.07 Å². The summed E-state index contributed by atoms with van der Waals surface area (Å²) < 4.78 is 10.6. The predicted molar refractivity (Wildman–Crippen MR) is 77.7 cm³/mol. The first-order valence-corrected chi connectivity index (χ1v) is 7.17. The zero-order chi connectivity index (χ0) is 15.8. The first-order chi connectivity index (χ1) is 9.95. The average Bonchev–Trinajstić information content (AvgIpc) is 2.86. The molecule has 1 amide bonds. The van der Waals surface area contributed by atoms with Gasteiger partial charge in [-0.1, -0.05) is 20.8 Å². The Morgan fingerprint density at radius 1 is 1.38 bits per heavy atom. The van der Waals surface area contributed by atoms with Gasteiger partial charge in [-0.25, -0.2) is 4.79 Å². The van der Waals surface area contributed by atoms with Crippen molar-refractivity contribution in [2.24, 2.45) is 5.92 Å². The van der Waals surface area contributed by atoms with Gasteiger partial charge < -0.3 is 19.6 Å². The maximum absolute atomic E-state index is 11.8. The van der Waals surface area contributed by atoms with Gasteiger partial charge in [0.25, 0.3) is 5.91 Å². The van der Waals surface area contributed by atoms with Crippen LogP contribution in [0.15, 0.2) is 10.5 Å². The van der Waals surface area contributed by atoms with Crippen molar-refractivity contribution in [2.45, 2.75) is 33.6 Å². The number of furan rings is 1. The van der Waals surface area contributed by atoms with Gasteiger partial charge in [-0.15, -0.1) is 0 Å². The van der Waals surface area contributed by atoms with Gasteiger partial charge in [0, 0.05) is 25.6 Å². The standard InChI is InChI=1S/C15H23NO5/c1-4-12-11(15(18)19)9-13(21-12)14(17)16-6-8-20-7-5-10(2)3/h9-10H,4-8H2,1-3H3,(H,16,17)(H,18,19). The highest BCUT2D eigenvalue weighted by atomic mass is 16.5. The summed E-state index contributed by atoms with van der Waals surface area (Å²) in [4.78, 5) is 22.8. The van der Waals surface area contributed by atoms with Crippen molar-refractivity contribution in [3.05, 3.63) is 23.2 Å². The molecule has 0 atom stereocenters. The van der Waals surface area contributed by atoms with Crippen LogP contribution in [-0.2, 0) is 11.2 Å². The van der Waals surface area contributed by atoms with Gasteiger partial charge in [0.15, 0.2) is 5.76 Å². The maximum Gasteiger partial charge on any atom is 0.339 e. The van der Waals surface area contributed by atoms with Crippen LogP contribution in [-0.4, -0.2) is 36.7 Å². The smallest absolute Gasteiger partial charge is 0.339 e. The van der Waals surface area contributed by atoms with Crippen molar-refractivity contribution in [2.75, 3.05) is 19.8 Å². The van der Waals surface area contributed by atoms with Crippen LogP contribution in [0.4, 0.5) is 0 Å². The van der Waals surface area contributed by atoms with Crippen LogP contribution in [0.3, 0.4) is 0 Å². The molecule has 6 nitrogen and oxygen atoms in total. The lowest BCUT2D eigenvalue weighted by atomic mass is 10.1. The highest BCUT2D eigenvalue weighted by Gasteiger charge is 2.19. The highest BCUT2D eigenvalue weighted by Crippen LogP contribution is 2.16. The van der Waals surface area contributed by atoms with Crippen molar-refractivity contribution in [1.29, 1.82) is 0 Å². The molecule has 21 heavy (non-hydrogen) atoms. The molecule has 1 aromatic heterocycles. The fourth-order valence-corrected chi connectivity index (χ4v) is 1.73. The SMILES string of the molecule is CCc1oc(C(=O)NCCOCCC(C)C)cc1C(=O)O. The van der Waals surface area contributed by atoms with Crippen LogP contribution in [0, 0.1) is 5.92 Å². The van der Waals surface area contributed by atoms with Crippen molar-refractivity contribution < 1.29 is 23.8 Å². The van der Waals surface area contributed by atoms with Gasteiger partial charge in [-0.2, -0.15) is 0 Å². The van der Waals surface area contributed by atoms with Gasteiger partial charge in [-0.05, 0) is 12.3 Å². The van der Waals surface area contributed by atoms with Gasteiger partial charge >= 0.3 is 5.97 Å². The Labute approximate surface area is 124 Å².